The van der Waals surface area contributed by atoms with Gasteiger partial charge in [0.25, 0.3) is 5.91 Å². The largest absolute Gasteiger partial charge is 0.464 e. The van der Waals surface area contributed by atoms with Crippen LogP contribution in [0.3, 0.4) is 0 Å². The Morgan fingerprint density at radius 1 is 1.50 bits per heavy atom. The summed E-state index contributed by atoms with van der Waals surface area (Å²) in [5.74, 6) is -1.33. The molecule has 0 heterocycles. The van der Waals surface area contributed by atoms with Crippen molar-refractivity contribution in [1.29, 1.82) is 0 Å². The molecule has 3 N–H and O–H groups in total. The lowest BCUT2D eigenvalue weighted by molar-refractivity contribution is -0.146. The third kappa shape index (κ3) is 3.82. The van der Waals surface area contributed by atoms with E-state index >= 15 is 0 Å². The molecule has 1 atom stereocenters. The smallest absolute Gasteiger partial charge is 0.332 e. The number of nitrogens with one attached hydrogen (secondary N) is 1. The topological polar surface area (TPSA) is 81.4 Å². The highest BCUT2D eigenvalue weighted by molar-refractivity contribution is 9.10. The molecule has 0 aliphatic carbocycles. The van der Waals surface area contributed by atoms with Crippen LogP contribution in [0.2, 0.25) is 0 Å². The van der Waals surface area contributed by atoms with Crippen molar-refractivity contribution in [1.82, 2.24) is 0 Å². The fraction of sp³-hybridized carbons (Fsp3) is 0.333. The SMILES string of the molecule is CCOC(=O)C(N)C(=O)Nc1cc(C)ccc1Br. The predicted octanol–water partition coefficient (Wildman–Crippen LogP) is 1.59. The number of hydrogen-bond acceptors (Lipinski definition) is 4. The molecule has 98 valence electrons. The van der Waals surface area contributed by atoms with Crippen LogP contribution in [-0.4, -0.2) is 24.5 Å². The number of anilines is 1. The highest BCUT2D eigenvalue weighted by atomic mass is 79.9. The zero-order chi connectivity index (χ0) is 13.7. The van der Waals surface area contributed by atoms with Crippen LogP contribution in [0.1, 0.15) is 12.5 Å². The second-order valence-corrected chi connectivity index (χ2v) is 4.56. The second-order valence-electron chi connectivity index (χ2n) is 3.70. The van der Waals surface area contributed by atoms with Gasteiger partial charge in [-0.25, -0.2) is 4.79 Å². The Morgan fingerprint density at radius 2 is 2.17 bits per heavy atom. The first-order valence-electron chi connectivity index (χ1n) is 5.45. The summed E-state index contributed by atoms with van der Waals surface area (Å²) in [6, 6.07) is 4.16. The summed E-state index contributed by atoms with van der Waals surface area (Å²) in [5, 5.41) is 2.58. The number of carbonyl (C=O) groups is 2. The number of ether oxygens (including phenoxy) is 1. The van der Waals surface area contributed by atoms with Crippen LogP contribution >= 0.6 is 15.9 Å². The fourth-order valence-electron chi connectivity index (χ4n) is 1.28. The average molecular weight is 315 g/mol. The van der Waals surface area contributed by atoms with Gasteiger partial charge in [-0.3, -0.25) is 4.79 Å². The van der Waals surface area contributed by atoms with Crippen molar-refractivity contribution < 1.29 is 14.3 Å². The molecule has 0 bridgehead atoms. The van der Waals surface area contributed by atoms with E-state index in [4.69, 9.17) is 5.73 Å². The van der Waals surface area contributed by atoms with Crippen molar-refractivity contribution in [2.75, 3.05) is 11.9 Å². The summed E-state index contributed by atoms with van der Waals surface area (Å²) in [6.45, 7) is 3.74. The normalized spacial score (nSPS) is 11.8. The van der Waals surface area contributed by atoms with Crippen molar-refractivity contribution in [2.24, 2.45) is 5.73 Å². The van der Waals surface area contributed by atoms with Gasteiger partial charge in [-0.05, 0) is 47.5 Å². The Morgan fingerprint density at radius 3 is 2.78 bits per heavy atom. The van der Waals surface area contributed by atoms with Crippen LogP contribution < -0.4 is 11.1 Å². The van der Waals surface area contributed by atoms with Crippen molar-refractivity contribution in [2.45, 2.75) is 19.9 Å². The lowest BCUT2D eigenvalue weighted by atomic mass is 10.2. The maximum absolute atomic E-state index is 11.7. The summed E-state index contributed by atoms with van der Waals surface area (Å²) in [5.41, 5.74) is 7.03. The molecule has 0 fully saturated rings. The number of rotatable bonds is 4. The zero-order valence-electron chi connectivity index (χ0n) is 10.2. The Kier molecular flexibility index (Phi) is 5.30. The number of hydrogen-bond donors (Lipinski definition) is 2. The number of nitrogens with two attached hydrogens (primary N) is 1. The first-order chi connectivity index (χ1) is 8.45. The molecule has 0 saturated heterocycles. The summed E-state index contributed by atoms with van der Waals surface area (Å²) < 4.78 is 5.40. The van der Waals surface area contributed by atoms with Gasteiger partial charge in [0.15, 0.2) is 6.04 Å². The minimum atomic E-state index is -1.32. The molecular weight excluding hydrogens is 300 g/mol. The quantitative estimate of drug-likeness (QED) is 0.653. The van der Waals surface area contributed by atoms with Gasteiger partial charge >= 0.3 is 5.97 Å². The summed E-state index contributed by atoms with van der Waals surface area (Å²) >= 11 is 3.30. The summed E-state index contributed by atoms with van der Waals surface area (Å²) in [4.78, 5) is 23.0. The zero-order valence-corrected chi connectivity index (χ0v) is 11.8. The van der Waals surface area contributed by atoms with E-state index in [1.54, 1.807) is 19.1 Å². The third-order valence-electron chi connectivity index (χ3n) is 2.20. The summed E-state index contributed by atoms with van der Waals surface area (Å²) in [7, 11) is 0. The Bertz CT molecular complexity index is 463. The van der Waals surface area contributed by atoms with E-state index in [9.17, 15) is 9.59 Å². The van der Waals surface area contributed by atoms with Crippen LogP contribution in [0, 0.1) is 6.92 Å². The molecule has 0 spiro atoms. The Balaban J connectivity index is 2.75. The monoisotopic (exact) mass is 314 g/mol. The van der Waals surface area contributed by atoms with Crippen LogP contribution in [-0.2, 0) is 14.3 Å². The molecule has 1 unspecified atom stereocenters. The molecule has 0 aromatic heterocycles. The van der Waals surface area contributed by atoms with Crippen molar-refractivity contribution in [3.63, 3.8) is 0 Å². The maximum atomic E-state index is 11.7. The molecule has 1 rings (SSSR count). The van der Waals surface area contributed by atoms with Crippen molar-refractivity contribution >= 4 is 33.5 Å². The highest BCUT2D eigenvalue weighted by Gasteiger charge is 2.23. The first-order valence-corrected chi connectivity index (χ1v) is 6.24. The predicted molar refractivity (Wildman–Crippen MR) is 72.1 cm³/mol. The van der Waals surface area contributed by atoms with Gasteiger partial charge in [0, 0.05) is 4.47 Å². The van der Waals surface area contributed by atoms with E-state index in [2.05, 4.69) is 26.0 Å². The van der Waals surface area contributed by atoms with E-state index in [0.717, 1.165) is 10.0 Å². The standard InChI is InChI=1S/C12H15BrN2O3/c1-3-18-12(17)10(14)11(16)15-9-6-7(2)4-5-8(9)13/h4-6,10H,3,14H2,1-2H3,(H,15,16). The van der Waals surface area contributed by atoms with Crippen molar-refractivity contribution in [3.8, 4) is 0 Å². The Hall–Kier alpha value is -1.40. The molecule has 18 heavy (non-hydrogen) atoms. The first kappa shape index (κ1) is 14.7. The molecule has 5 nitrogen and oxygen atoms in total. The molecule has 6 heteroatoms. The minimum absolute atomic E-state index is 0.188. The molecule has 0 saturated carbocycles. The number of aryl methyl sites for hydroxylation is 1. The lowest BCUT2D eigenvalue weighted by Gasteiger charge is -2.12. The minimum Gasteiger partial charge on any atom is -0.464 e. The number of carbonyl (C=O) groups excluding carboxylic acids is 2. The fourth-order valence-corrected chi connectivity index (χ4v) is 1.63. The van der Waals surface area contributed by atoms with Gasteiger partial charge in [-0.15, -0.1) is 0 Å². The van der Waals surface area contributed by atoms with E-state index in [-0.39, 0.29) is 6.61 Å². The third-order valence-corrected chi connectivity index (χ3v) is 2.89. The van der Waals surface area contributed by atoms with Crippen molar-refractivity contribution in [3.05, 3.63) is 28.2 Å². The number of amides is 1. The van der Waals surface area contributed by atoms with Gasteiger partial charge in [0.05, 0.1) is 12.3 Å². The number of esters is 1. The van der Waals surface area contributed by atoms with Crippen LogP contribution in [0.4, 0.5) is 5.69 Å². The average Bonchev–Trinajstić information content (AvgIpc) is 2.33. The number of benzene rings is 1. The van der Waals surface area contributed by atoms with Gasteiger partial charge in [-0.1, -0.05) is 6.07 Å². The number of halogens is 1. The highest BCUT2D eigenvalue weighted by Crippen LogP contribution is 2.23. The van der Waals surface area contributed by atoms with E-state index < -0.39 is 17.9 Å². The molecule has 1 aromatic carbocycles. The van der Waals surface area contributed by atoms with Crippen LogP contribution in [0.25, 0.3) is 0 Å². The molecule has 0 aliphatic heterocycles. The molecular formula is C12H15BrN2O3. The van der Waals surface area contributed by atoms with E-state index in [0.29, 0.717) is 5.69 Å². The summed E-state index contributed by atoms with van der Waals surface area (Å²) in [6.07, 6.45) is 0. The lowest BCUT2D eigenvalue weighted by Crippen LogP contribution is -2.43. The van der Waals surface area contributed by atoms with Gasteiger partial charge < -0.3 is 15.8 Å². The van der Waals surface area contributed by atoms with Gasteiger partial charge in [-0.2, -0.15) is 0 Å². The molecule has 0 radical (unpaired) electrons. The van der Waals surface area contributed by atoms with Crippen LogP contribution in [0.5, 0.6) is 0 Å². The van der Waals surface area contributed by atoms with Gasteiger partial charge in [0.2, 0.25) is 0 Å². The maximum Gasteiger partial charge on any atom is 0.332 e. The van der Waals surface area contributed by atoms with Crippen LogP contribution in [0.15, 0.2) is 22.7 Å². The molecule has 0 aliphatic rings. The Labute approximate surface area is 114 Å². The molecule has 1 aromatic rings. The van der Waals surface area contributed by atoms with E-state index in [1.807, 2.05) is 13.0 Å². The second kappa shape index (κ2) is 6.51. The van der Waals surface area contributed by atoms with Gasteiger partial charge in [0.1, 0.15) is 0 Å². The molecule has 1 amide bonds. The van der Waals surface area contributed by atoms with E-state index in [1.165, 1.54) is 0 Å².